The summed E-state index contributed by atoms with van der Waals surface area (Å²) in [4.78, 5) is 18.6. The highest BCUT2D eigenvalue weighted by Gasteiger charge is 2.19. The number of aryl methyl sites for hydroxylation is 1. The Morgan fingerprint density at radius 2 is 1.96 bits per heavy atom. The minimum absolute atomic E-state index is 0. The number of imidazole rings is 1. The lowest BCUT2D eigenvalue weighted by molar-refractivity contribution is -0.142. The molecule has 2 aromatic rings. The molecule has 0 unspecified atom stereocenters. The molecular weight excluding hydrogens is 328 g/mol. The first-order valence-corrected chi connectivity index (χ1v) is 8.74. The third kappa shape index (κ3) is 5.86. The maximum absolute atomic E-state index is 9.92. The van der Waals surface area contributed by atoms with Crippen LogP contribution in [0, 0.1) is 6.92 Å². The highest BCUT2D eigenvalue weighted by molar-refractivity contribution is 5.61. The summed E-state index contributed by atoms with van der Waals surface area (Å²) >= 11 is 0. The van der Waals surface area contributed by atoms with Crippen LogP contribution >= 0.6 is 0 Å². The predicted molar refractivity (Wildman–Crippen MR) is 108 cm³/mol. The lowest BCUT2D eigenvalue weighted by atomic mass is 10.0. The quantitative estimate of drug-likeness (QED) is 0.741. The highest BCUT2D eigenvalue weighted by atomic mass is 16.5. The van der Waals surface area contributed by atoms with E-state index in [1.54, 1.807) is 6.20 Å². The van der Waals surface area contributed by atoms with E-state index in [-0.39, 0.29) is 13.0 Å². The fourth-order valence-electron chi connectivity index (χ4n) is 2.47. The van der Waals surface area contributed by atoms with E-state index in [9.17, 15) is 4.79 Å². The first kappa shape index (κ1) is 23.6. The molecule has 0 saturated carbocycles. The number of aromatic nitrogens is 3. The van der Waals surface area contributed by atoms with Gasteiger partial charge in [-0.25, -0.2) is 9.66 Å². The number of carbonyl (C=O) groups is 1. The molecule has 0 bridgehead atoms. The normalized spacial score (nSPS) is 10.2. The van der Waals surface area contributed by atoms with Crippen molar-refractivity contribution in [3.05, 3.63) is 36.0 Å². The van der Waals surface area contributed by atoms with E-state index in [0.29, 0.717) is 6.47 Å². The van der Waals surface area contributed by atoms with Gasteiger partial charge >= 0.3 is 0 Å². The van der Waals surface area contributed by atoms with Crippen molar-refractivity contribution < 1.29 is 9.53 Å². The third-order valence-electron chi connectivity index (χ3n) is 4.46. The van der Waals surface area contributed by atoms with Crippen LogP contribution in [-0.4, -0.2) is 33.8 Å². The summed E-state index contributed by atoms with van der Waals surface area (Å²) in [7, 11) is 1.90. The summed E-state index contributed by atoms with van der Waals surface area (Å²) in [6.07, 6.45) is 6.31. The van der Waals surface area contributed by atoms with Crippen LogP contribution in [0.3, 0.4) is 0 Å². The van der Waals surface area contributed by atoms with E-state index in [1.807, 2.05) is 57.7 Å². The molecule has 6 heteroatoms. The Morgan fingerprint density at radius 1 is 1.31 bits per heavy atom. The Bertz CT molecular complexity index is 649. The summed E-state index contributed by atoms with van der Waals surface area (Å²) in [6, 6.07) is 3.97. The van der Waals surface area contributed by atoms with Crippen LogP contribution in [0.15, 0.2) is 24.5 Å². The molecule has 0 aliphatic carbocycles. The number of ether oxygens (including phenoxy) is 1. The fourth-order valence-corrected chi connectivity index (χ4v) is 2.47. The monoisotopic (exact) mass is 362 g/mol. The first-order chi connectivity index (χ1) is 12.0. The molecule has 0 amide bonds. The number of pyridine rings is 1. The van der Waals surface area contributed by atoms with Crippen LogP contribution in [0.4, 0.5) is 0 Å². The Labute approximate surface area is 158 Å². The molecule has 0 atom stereocenters. The minimum atomic E-state index is -0.234. The van der Waals surface area contributed by atoms with Gasteiger partial charge in [-0.1, -0.05) is 28.2 Å². The Morgan fingerprint density at radius 3 is 2.35 bits per heavy atom. The summed E-state index contributed by atoms with van der Waals surface area (Å²) in [6.45, 7) is 10.6. The van der Waals surface area contributed by atoms with Crippen LogP contribution in [0.25, 0.3) is 11.3 Å². The Hall–Kier alpha value is -2.37. The summed E-state index contributed by atoms with van der Waals surface area (Å²) in [5, 5.41) is 0. The molecule has 0 spiro atoms. The van der Waals surface area contributed by atoms with Gasteiger partial charge in [-0.15, -0.1) is 0 Å². The highest BCUT2D eigenvalue weighted by Crippen LogP contribution is 2.22. The largest absolute Gasteiger partial charge is 0.462 e. The van der Waals surface area contributed by atoms with Crippen LogP contribution in [0.2, 0.25) is 0 Å². The zero-order valence-electron chi connectivity index (χ0n) is 16.2. The average molecular weight is 363 g/mol. The summed E-state index contributed by atoms with van der Waals surface area (Å²) in [5.41, 5.74) is 6.17. The van der Waals surface area contributed by atoms with Gasteiger partial charge in [-0.2, -0.15) is 0 Å². The van der Waals surface area contributed by atoms with E-state index in [4.69, 9.17) is 4.74 Å². The molecule has 0 aliphatic heterocycles. The molecular formula is C20H34N4O2. The smallest absolute Gasteiger partial charge is 0.293 e. The zero-order valence-corrected chi connectivity index (χ0v) is 16.2. The van der Waals surface area contributed by atoms with Gasteiger partial charge in [0.2, 0.25) is 0 Å². The molecule has 0 radical (unpaired) electrons. The van der Waals surface area contributed by atoms with Crippen LogP contribution in [0.1, 0.15) is 59.5 Å². The van der Waals surface area contributed by atoms with Crippen LogP contribution in [0.5, 0.6) is 0 Å². The van der Waals surface area contributed by atoms with Crippen molar-refractivity contribution in [2.75, 3.05) is 12.5 Å². The van der Waals surface area contributed by atoms with E-state index >= 15 is 0 Å². The molecule has 0 aromatic carbocycles. The van der Waals surface area contributed by atoms with Crippen LogP contribution < -0.4 is 5.43 Å². The van der Waals surface area contributed by atoms with Gasteiger partial charge in [0.15, 0.2) is 0 Å². The van der Waals surface area contributed by atoms with Gasteiger partial charge in [0.25, 0.3) is 6.47 Å². The van der Waals surface area contributed by atoms with E-state index in [2.05, 4.69) is 22.3 Å². The van der Waals surface area contributed by atoms with Gasteiger partial charge in [0.05, 0.1) is 11.4 Å². The van der Waals surface area contributed by atoms with Crippen molar-refractivity contribution in [3.8, 4) is 11.3 Å². The molecule has 0 saturated heterocycles. The second-order valence-corrected chi connectivity index (χ2v) is 5.98. The Balaban J connectivity index is 0.000000543. The van der Waals surface area contributed by atoms with Crippen molar-refractivity contribution in [2.45, 2.75) is 66.9 Å². The molecule has 2 rings (SSSR count). The van der Waals surface area contributed by atoms with Gasteiger partial charge in [0.1, 0.15) is 11.4 Å². The molecule has 1 N–H and O–H groups in total. The predicted octanol–water partition coefficient (Wildman–Crippen LogP) is 4.36. The molecule has 146 valence electrons. The average Bonchev–Trinajstić information content (AvgIpc) is 2.98. The molecule has 2 heterocycles. The first-order valence-electron chi connectivity index (χ1n) is 8.74. The van der Waals surface area contributed by atoms with Gasteiger partial charge < -0.3 is 10.2 Å². The number of rotatable bonds is 7. The number of hydrogen-bond acceptors (Lipinski definition) is 5. The zero-order chi connectivity index (χ0) is 18.9. The lowest BCUT2D eigenvalue weighted by Crippen LogP contribution is -2.25. The number of hydrogen-bond donors (Lipinski definition) is 1. The van der Waals surface area contributed by atoms with Crippen molar-refractivity contribution >= 4 is 6.47 Å². The topological polar surface area (TPSA) is 69.0 Å². The molecule has 2 aromatic heterocycles. The molecule has 0 aliphatic rings. The van der Waals surface area contributed by atoms with Gasteiger partial charge in [0, 0.05) is 25.0 Å². The van der Waals surface area contributed by atoms with Gasteiger partial charge in [-0.3, -0.25) is 9.78 Å². The lowest BCUT2D eigenvalue weighted by Gasteiger charge is -2.23. The van der Waals surface area contributed by atoms with Crippen molar-refractivity contribution in [1.82, 2.24) is 14.6 Å². The number of nitrogens with one attached hydrogen (secondary N) is 1. The maximum Gasteiger partial charge on any atom is 0.293 e. The maximum atomic E-state index is 9.92. The molecule has 6 nitrogen and oxygen atoms in total. The van der Waals surface area contributed by atoms with Crippen molar-refractivity contribution in [1.29, 1.82) is 0 Å². The van der Waals surface area contributed by atoms with E-state index in [1.165, 1.54) is 5.69 Å². The molecule has 26 heavy (non-hydrogen) atoms. The van der Waals surface area contributed by atoms with E-state index < -0.39 is 0 Å². The minimum Gasteiger partial charge on any atom is -0.462 e. The fraction of sp³-hybridized carbons (Fsp3) is 0.550. The van der Waals surface area contributed by atoms with Gasteiger partial charge in [-0.05, 0) is 45.2 Å². The Kier molecular flexibility index (Phi) is 10.3. The second kappa shape index (κ2) is 11.3. The summed E-state index contributed by atoms with van der Waals surface area (Å²) in [5.74, 6) is 0.971. The molecule has 0 fully saturated rings. The van der Waals surface area contributed by atoms with Crippen molar-refractivity contribution in [2.24, 2.45) is 0 Å². The standard InChI is InChI=1S/C12H16N4.C7H14O2.CH4/c1-4-11-12(10-6-5-7-14-8-10)15-9(2)16(11)13-3;1-4-7(3,5-2)9-6-8;/h5-8,13H,4H2,1-3H3;6H,4-5H2,1-3H3;1H4. The number of carbonyl (C=O) groups excluding carboxylic acids is 1. The SMILES string of the molecule is C.CCC(C)(CC)OC=O.CCc1c(-c2cccnc2)nc(C)n1NC. The van der Waals surface area contributed by atoms with Crippen LogP contribution in [-0.2, 0) is 16.0 Å². The van der Waals surface area contributed by atoms with E-state index in [0.717, 1.165) is 36.3 Å². The third-order valence-corrected chi connectivity index (χ3v) is 4.46. The summed E-state index contributed by atoms with van der Waals surface area (Å²) < 4.78 is 6.86. The number of nitrogens with zero attached hydrogens (tertiary/aromatic N) is 3. The van der Waals surface area contributed by atoms with Crippen molar-refractivity contribution in [3.63, 3.8) is 0 Å². The second-order valence-electron chi connectivity index (χ2n) is 5.98.